The number of nitrogens with zero attached hydrogens (tertiary/aromatic N) is 1. The Morgan fingerprint density at radius 3 is 2.88 bits per heavy atom. The van der Waals surface area contributed by atoms with E-state index in [-0.39, 0.29) is 0 Å². The fraction of sp³-hybridized carbons (Fsp3) is 0.308. The summed E-state index contributed by atoms with van der Waals surface area (Å²) in [6.45, 7) is 5.02. The summed E-state index contributed by atoms with van der Waals surface area (Å²) in [4.78, 5) is 5.84. The molecule has 0 saturated heterocycles. The van der Waals surface area contributed by atoms with E-state index in [1.807, 2.05) is 13.0 Å². The van der Waals surface area contributed by atoms with Crippen LogP contribution in [0.1, 0.15) is 29.2 Å². The van der Waals surface area contributed by atoms with Crippen molar-refractivity contribution in [3.63, 3.8) is 0 Å². The molecule has 0 saturated carbocycles. The van der Waals surface area contributed by atoms with E-state index in [2.05, 4.69) is 46.9 Å². The Kier molecular flexibility index (Phi) is 3.70. The van der Waals surface area contributed by atoms with Gasteiger partial charge in [-0.15, -0.1) is 11.3 Å². The fourth-order valence-corrected chi connectivity index (χ4v) is 2.35. The van der Waals surface area contributed by atoms with E-state index in [9.17, 15) is 0 Å². The average Bonchev–Trinajstić information content (AvgIpc) is 2.79. The first-order valence-corrected chi connectivity index (χ1v) is 6.33. The fourth-order valence-electron chi connectivity index (χ4n) is 1.59. The van der Waals surface area contributed by atoms with E-state index in [1.165, 1.54) is 4.88 Å². The van der Waals surface area contributed by atoms with Crippen molar-refractivity contribution in [3.8, 4) is 0 Å². The lowest BCUT2D eigenvalue weighted by Crippen LogP contribution is -2.17. The summed E-state index contributed by atoms with van der Waals surface area (Å²) in [5, 5.41) is 5.59. The van der Waals surface area contributed by atoms with Gasteiger partial charge < -0.3 is 5.32 Å². The molecule has 0 aliphatic heterocycles. The zero-order valence-electron chi connectivity index (χ0n) is 9.60. The highest BCUT2D eigenvalue weighted by molar-refractivity contribution is 7.10. The summed E-state index contributed by atoms with van der Waals surface area (Å²) in [5.74, 6) is 0. The topological polar surface area (TPSA) is 24.9 Å². The molecule has 16 heavy (non-hydrogen) atoms. The molecule has 2 heterocycles. The lowest BCUT2D eigenvalue weighted by molar-refractivity contribution is 0.575. The summed E-state index contributed by atoms with van der Waals surface area (Å²) < 4.78 is 0. The smallest absolute Gasteiger partial charge is 0.0545 e. The van der Waals surface area contributed by atoms with Crippen molar-refractivity contribution in [1.29, 1.82) is 0 Å². The molecule has 0 aliphatic carbocycles. The Balaban J connectivity index is 1.92. The Labute approximate surface area is 100 Å². The monoisotopic (exact) mass is 232 g/mol. The average molecular weight is 232 g/mol. The predicted molar refractivity (Wildman–Crippen MR) is 68.5 cm³/mol. The zero-order valence-corrected chi connectivity index (χ0v) is 10.4. The Hall–Kier alpha value is -1.19. The third-order valence-corrected chi connectivity index (χ3v) is 3.56. The Bertz CT molecular complexity index is 437. The van der Waals surface area contributed by atoms with Gasteiger partial charge in [0.2, 0.25) is 0 Å². The highest BCUT2D eigenvalue weighted by atomic mass is 32.1. The maximum atomic E-state index is 4.47. The highest BCUT2D eigenvalue weighted by Gasteiger charge is 2.05. The molecule has 0 aromatic carbocycles. The molecule has 0 fully saturated rings. The first kappa shape index (κ1) is 11.3. The number of nitrogens with one attached hydrogen (secondary N) is 1. The van der Waals surface area contributed by atoms with Crippen LogP contribution < -0.4 is 5.32 Å². The van der Waals surface area contributed by atoms with Crippen LogP contribution in [0.5, 0.6) is 0 Å². The van der Waals surface area contributed by atoms with Gasteiger partial charge in [-0.3, -0.25) is 4.98 Å². The maximum Gasteiger partial charge on any atom is 0.0545 e. The van der Waals surface area contributed by atoms with Crippen molar-refractivity contribution in [2.75, 3.05) is 0 Å². The number of aryl methyl sites for hydroxylation is 1. The van der Waals surface area contributed by atoms with Gasteiger partial charge in [0.05, 0.1) is 5.69 Å². The van der Waals surface area contributed by atoms with E-state index in [0.29, 0.717) is 6.04 Å². The molecule has 2 aromatic heterocycles. The van der Waals surface area contributed by atoms with Gasteiger partial charge in [-0.1, -0.05) is 12.1 Å². The molecule has 3 heteroatoms. The quantitative estimate of drug-likeness (QED) is 0.875. The number of rotatable bonds is 4. The summed E-state index contributed by atoms with van der Waals surface area (Å²) >= 11 is 1.79. The van der Waals surface area contributed by atoms with Gasteiger partial charge in [-0.25, -0.2) is 0 Å². The van der Waals surface area contributed by atoms with Gasteiger partial charge in [0.1, 0.15) is 0 Å². The van der Waals surface area contributed by atoms with Crippen LogP contribution in [0.4, 0.5) is 0 Å². The molecule has 2 aromatic rings. The lowest BCUT2D eigenvalue weighted by atomic mass is 10.2. The summed E-state index contributed by atoms with van der Waals surface area (Å²) in [7, 11) is 0. The highest BCUT2D eigenvalue weighted by Crippen LogP contribution is 2.18. The summed E-state index contributed by atoms with van der Waals surface area (Å²) in [6.07, 6.45) is 0. The normalized spacial score (nSPS) is 12.6. The number of thiophene rings is 1. The Morgan fingerprint density at radius 2 is 2.19 bits per heavy atom. The molecule has 0 amide bonds. The molecule has 1 N–H and O–H groups in total. The van der Waals surface area contributed by atoms with E-state index >= 15 is 0 Å². The van der Waals surface area contributed by atoms with Crippen LogP contribution >= 0.6 is 11.3 Å². The molecule has 1 atom stereocenters. The van der Waals surface area contributed by atoms with E-state index < -0.39 is 0 Å². The van der Waals surface area contributed by atoms with Gasteiger partial charge in [0, 0.05) is 23.2 Å². The molecule has 0 aliphatic rings. The summed E-state index contributed by atoms with van der Waals surface area (Å²) in [6, 6.07) is 10.8. The minimum Gasteiger partial charge on any atom is -0.304 e. The van der Waals surface area contributed by atoms with Crippen molar-refractivity contribution in [3.05, 3.63) is 52.0 Å². The Morgan fingerprint density at radius 1 is 1.31 bits per heavy atom. The molecule has 0 radical (unpaired) electrons. The number of aromatic nitrogens is 1. The van der Waals surface area contributed by atoms with Crippen molar-refractivity contribution in [1.82, 2.24) is 10.3 Å². The van der Waals surface area contributed by atoms with E-state index in [1.54, 1.807) is 11.3 Å². The molecule has 1 unspecified atom stereocenters. The van der Waals surface area contributed by atoms with E-state index in [4.69, 9.17) is 0 Å². The van der Waals surface area contributed by atoms with Gasteiger partial charge >= 0.3 is 0 Å². The number of hydrogen-bond donors (Lipinski definition) is 1. The van der Waals surface area contributed by atoms with Gasteiger partial charge in [0.15, 0.2) is 0 Å². The maximum absolute atomic E-state index is 4.47. The predicted octanol–water partition coefficient (Wildman–Crippen LogP) is 3.30. The molecule has 2 nitrogen and oxygen atoms in total. The second kappa shape index (κ2) is 5.23. The molecule has 0 spiro atoms. The minimum atomic E-state index is 0.391. The standard InChI is InChI=1S/C13H16N2S/c1-10-5-3-6-12(15-10)9-14-11(2)13-7-4-8-16-13/h3-8,11,14H,9H2,1-2H3. The zero-order chi connectivity index (χ0) is 11.4. The van der Waals surface area contributed by atoms with Crippen LogP contribution in [-0.4, -0.2) is 4.98 Å². The first-order valence-electron chi connectivity index (χ1n) is 5.45. The third-order valence-electron chi connectivity index (χ3n) is 2.51. The van der Waals surface area contributed by atoms with Crippen molar-refractivity contribution < 1.29 is 0 Å². The van der Waals surface area contributed by atoms with Crippen LogP contribution in [0.15, 0.2) is 35.7 Å². The lowest BCUT2D eigenvalue weighted by Gasteiger charge is -2.11. The molecular weight excluding hydrogens is 216 g/mol. The first-order chi connectivity index (χ1) is 7.75. The largest absolute Gasteiger partial charge is 0.304 e. The van der Waals surface area contributed by atoms with Crippen molar-refractivity contribution >= 4 is 11.3 Å². The number of pyridine rings is 1. The van der Waals surface area contributed by atoms with Crippen LogP contribution in [0, 0.1) is 6.92 Å². The number of hydrogen-bond acceptors (Lipinski definition) is 3. The van der Waals surface area contributed by atoms with Gasteiger partial charge in [-0.2, -0.15) is 0 Å². The molecule has 2 rings (SSSR count). The van der Waals surface area contributed by atoms with Gasteiger partial charge in [-0.05, 0) is 37.4 Å². The van der Waals surface area contributed by atoms with Crippen LogP contribution in [0.25, 0.3) is 0 Å². The third kappa shape index (κ3) is 2.90. The molecule has 84 valence electrons. The summed E-state index contributed by atoms with van der Waals surface area (Å²) in [5.41, 5.74) is 2.17. The molecule has 0 bridgehead atoms. The second-order valence-electron chi connectivity index (χ2n) is 3.89. The van der Waals surface area contributed by atoms with Gasteiger partial charge in [0.25, 0.3) is 0 Å². The minimum absolute atomic E-state index is 0.391. The van der Waals surface area contributed by atoms with E-state index in [0.717, 1.165) is 17.9 Å². The second-order valence-corrected chi connectivity index (χ2v) is 4.87. The molecular formula is C13H16N2S. The SMILES string of the molecule is Cc1cccc(CNC(C)c2cccs2)n1. The van der Waals surface area contributed by atoms with Crippen LogP contribution in [-0.2, 0) is 6.54 Å². The van der Waals surface area contributed by atoms with Crippen LogP contribution in [0.2, 0.25) is 0 Å². The van der Waals surface area contributed by atoms with Crippen molar-refractivity contribution in [2.45, 2.75) is 26.4 Å². The van der Waals surface area contributed by atoms with Crippen LogP contribution in [0.3, 0.4) is 0 Å². The van der Waals surface area contributed by atoms with Crippen molar-refractivity contribution in [2.24, 2.45) is 0 Å².